The smallest absolute Gasteiger partial charge is 0.120 e. The van der Waals surface area contributed by atoms with E-state index in [2.05, 4.69) is 17.1 Å². The van der Waals surface area contributed by atoms with Gasteiger partial charge in [-0.25, -0.2) is 0 Å². The molecule has 0 aliphatic carbocycles. The molecule has 0 atom stereocenters. The van der Waals surface area contributed by atoms with E-state index in [-0.39, 0.29) is 0 Å². The van der Waals surface area contributed by atoms with Gasteiger partial charge in [0.2, 0.25) is 0 Å². The first-order valence-corrected chi connectivity index (χ1v) is 6.19. The van der Waals surface area contributed by atoms with Crippen LogP contribution in [0.3, 0.4) is 0 Å². The van der Waals surface area contributed by atoms with E-state index >= 15 is 0 Å². The zero-order valence-electron chi connectivity index (χ0n) is 10.4. The van der Waals surface area contributed by atoms with Crippen molar-refractivity contribution in [2.75, 3.05) is 6.54 Å². The molecule has 1 aromatic heterocycles. The highest BCUT2D eigenvalue weighted by Gasteiger charge is 1.98. The van der Waals surface area contributed by atoms with Gasteiger partial charge in [-0.3, -0.25) is 4.98 Å². The minimum Gasteiger partial charge on any atom is -0.489 e. The average Bonchev–Trinajstić information content (AvgIpc) is 2.44. The van der Waals surface area contributed by atoms with E-state index in [1.165, 1.54) is 5.56 Å². The lowest BCUT2D eigenvalue weighted by Crippen LogP contribution is -2.00. The second-order valence-electron chi connectivity index (χ2n) is 4.18. The summed E-state index contributed by atoms with van der Waals surface area (Å²) in [6, 6.07) is 12.1. The van der Waals surface area contributed by atoms with Crippen LogP contribution in [0.15, 0.2) is 48.8 Å². The second kappa shape index (κ2) is 6.77. The van der Waals surface area contributed by atoms with E-state index in [0.717, 1.165) is 30.7 Å². The molecule has 3 nitrogen and oxygen atoms in total. The maximum atomic E-state index is 5.75. The van der Waals surface area contributed by atoms with Crippen LogP contribution >= 0.6 is 0 Å². The number of rotatable bonds is 6. The summed E-state index contributed by atoms with van der Waals surface area (Å²) in [7, 11) is 0. The van der Waals surface area contributed by atoms with Gasteiger partial charge in [0.1, 0.15) is 12.4 Å². The number of hydrogen-bond donors (Lipinski definition) is 1. The lowest BCUT2D eigenvalue weighted by molar-refractivity contribution is 0.306. The summed E-state index contributed by atoms with van der Waals surface area (Å²) in [5, 5.41) is 0. The molecule has 2 rings (SSSR count). The van der Waals surface area contributed by atoms with E-state index in [1.54, 1.807) is 12.4 Å². The molecule has 0 fully saturated rings. The summed E-state index contributed by atoms with van der Waals surface area (Å²) in [5.74, 6) is 0.904. The van der Waals surface area contributed by atoms with E-state index in [0.29, 0.717) is 6.61 Å². The molecule has 1 aromatic carbocycles. The molecule has 1 heterocycles. The quantitative estimate of drug-likeness (QED) is 0.846. The summed E-state index contributed by atoms with van der Waals surface area (Å²) in [4.78, 5) is 3.98. The van der Waals surface area contributed by atoms with Crippen LogP contribution in [-0.2, 0) is 13.0 Å². The number of aromatic nitrogens is 1. The Hall–Kier alpha value is -1.87. The number of ether oxygens (including phenoxy) is 1. The predicted molar refractivity (Wildman–Crippen MR) is 72.4 cm³/mol. The van der Waals surface area contributed by atoms with Crippen LogP contribution in [-0.4, -0.2) is 11.5 Å². The van der Waals surface area contributed by atoms with Gasteiger partial charge in [0.25, 0.3) is 0 Å². The maximum Gasteiger partial charge on any atom is 0.120 e. The van der Waals surface area contributed by atoms with Crippen LogP contribution in [0.1, 0.15) is 17.5 Å². The number of nitrogens with two attached hydrogens (primary N) is 1. The van der Waals surface area contributed by atoms with Gasteiger partial charge in [-0.2, -0.15) is 0 Å². The summed E-state index contributed by atoms with van der Waals surface area (Å²) < 4.78 is 5.75. The molecule has 0 bridgehead atoms. The van der Waals surface area contributed by atoms with Gasteiger partial charge in [0, 0.05) is 12.4 Å². The molecule has 0 aliphatic heterocycles. The van der Waals surface area contributed by atoms with Crippen LogP contribution in [0.4, 0.5) is 0 Å². The molecular weight excluding hydrogens is 224 g/mol. The average molecular weight is 242 g/mol. The van der Waals surface area contributed by atoms with Gasteiger partial charge >= 0.3 is 0 Å². The van der Waals surface area contributed by atoms with Gasteiger partial charge in [-0.15, -0.1) is 0 Å². The van der Waals surface area contributed by atoms with Crippen LogP contribution < -0.4 is 10.5 Å². The third kappa shape index (κ3) is 3.86. The minimum absolute atomic E-state index is 0.572. The minimum atomic E-state index is 0.572. The molecule has 94 valence electrons. The topological polar surface area (TPSA) is 48.1 Å². The monoisotopic (exact) mass is 242 g/mol. The van der Waals surface area contributed by atoms with Crippen molar-refractivity contribution in [3.63, 3.8) is 0 Å². The van der Waals surface area contributed by atoms with Gasteiger partial charge in [0.05, 0.1) is 0 Å². The van der Waals surface area contributed by atoms with Crippen molar-refractivity contribution in [1.82, 2.24) is 4.98 Å². The van der Waals surface area contributed by atoms with Crippen LogP contribution in [0, 0.1) is 0 Å². The Kier molecular flexibility index (Phi) is 4.73. The number of hydrogen-bond acceptors (Lipinski definition) is 3. The van der Waals surface area contributed by atoms with Crippen molar-refractivity contribution in [3.05, 3.63) is 59.9 Å². The molecule has 0 saturated carbocycles. The second-order valence-corrected chi connectivity index (χ2v) is 4.18. The standard InChI is InChI=1S/C15H18N2O/c16-8-2-4-13-3-1-5-15(11-13)18-12-14-6-9-17-10-7-14/h1,3,5-7,9-11H,2,4,8,12,16H2. The Labute approximate surface area is 108 Å². The normalized spacial score (nSPS) is 10.3. The highest BCUT2D eigenvalue weighted by Crippen LogP contribution is 2.16. The van der Waals surface area contributed by atoms with Crippen molar-refractivity contribution >= 4 is 0 Å². The molecule has 2 aromatic rings. The number of benzene rings is 1. The summed E-state index contributed by atoms with van der Waals surface area (Å²) in [6.07, 6.45) is 5.56. The van der Waals surface area contributed by atoms with Crippen LogP contribution in [0.25, 0.3) is 0 Å². The van der Waals surface area contributed by atoms with E-state index in [1.807, 2.05) is 24.3 Å². The predicted octanol–water partition coefficient (Wildman–Crippen LogP) is 2.55. The van der Waals surface area contributed by atoms with E-state index < -0.39 is 0 Å². The molecule has 3 heteroatoms. The molecule has 0 unspecified atom stereocenters. The fraction of sp³-hybridized carbons (Fsp3) is 0.267. The summed E-state index contributed by atoms with van der Waals surface area (Å²) in [5.41, 5.74) is 7.91. The number of nitrogens with zero attached hydrogens (tertiary/aromatic N) is 1. The maximum absolute atomic E-state index is 5.75. The molecule has 18 heavy (non-hydrogen) atoms. The molecule has 2 N–H and O–H groups in total. The van der Waals surface area contributed by atoms with Crippen molar-refractivity contribution in [2.45, 2.75) is 19.4 Å². The van der Waals surface area contributed by atoms with Crippen molar-refractivity contribution in [2.24, 2.45) is 5.73 Å². The van der Waals surface area contributed by atoms with Gasteiger partial charge < -0.3 is 10.5 Å². The van der Waals surface area contributed by atoms with E-state index in [9.17, 15) is 0 Å². The summed E-state index contributed by atoms with van der Waals surface area (Å²) >= 11 is 0. The third-order valence-electron chi connectivity index (χ3n) is 2.72. The molecule has 0 saturated heterocycles. The fourth-order valence-corrected chi connectivity index (χ4v) is 1.74. The first-order chi connectivity index (χ1) is 8.88. The fourth-order valence-electron chi connectivity index (χ4n) is 1.74. The van der Waals surface area contributed by atoms with Crippen molar-refractivity contribution < 1.29 is 4.74 Å². The Balaban J connectivity index is 1.93. The molecule has 0 aliphatic rings. The van der Waals surface area contributed by atoms with Crippen LogP contribution in [0.5, 0.6) is 5.75 Å². The molecule has 0 radical (unpaired) electrons. The number of pyridine rings is 1. The summed E-state index contributed by atoms with van der Waals surface area (Å²) in [6.45, 7) is 1.30. The first kappa shape index (κ1) is 12.6. The largest absolute Gasteiger partial charge is 0.489 e. The lowest BCUT2D eigenvalue weighted by atomic mass is 10.1. The molecule has 0 amide bonds. The Morgan fingerprint density at radius 2 is 1.89 bits per heavy atom. The SMILES string of the molecule is NCCCc1cccc(OCc2ccncc2)c1. The van der Waals surface area contributed by atoms with Crippen molar-refractivity contribution in [1.29, 1.82) is 0 Å². The first-order valence-electron chi connectivity index (χ1n) is 6.19. The highest BCUT2D eigenvalue weighted by atomic mass is 16.5. The van der Waals surface area contributed by atoms with E-state index in [4.69, 9.17) is 10.5 Å². The van der Waals surface area contributed by atoms with Gasteiger partial charge in [-0.1, -0.05) is 12.1 Å². The highest BCUT2D eigenvalue weighted by molar-refractivity contribution is 5.29. The zero-order valence-corrected chi connectivity index (χ0v) is 10.4. The zero-order chi connectivity index (χ0) is 12.6. The third-order valence-corrected chi connectivity index (χ3v) is 2.72. The van der Waals surface area contributed by atoms with Gasteiger partial charge in [0.15, 0.2) is 0 Å². The molecular formula is C15H18N2O. The Bertz CT molecular complexity index is 471. The molecule has 0 spiro atoms. The van der Waals surface area contributed by atoms with Crippen molar-refractivity contribution in [3.8, 4) is 5.75 Å². The lowest BCUT2D eigenvalue weighted by Gasteiger charge is -2.08. The number of aryl methyl sites for hydroxylation is 1. The Morgan fingerprint density at radius 3 is 2.67 bits per heavy atom. The van der Waals surface area contributed by atoms with Gasteiger partial charge in [-0.05, 0) is 54.8 Å². The van der Waals surface area contributed by atoms with Crippen LogP contribution in [0.2, 0.25) is 0 Å². The Morgan fingerprint density at radius 1 is 1.06 bits per heavy atom.